The Morgan fingerprint density at radius 2 is 2.00 bits per heavy atom. The summed E-state index contributed by atoms with van der Waals surface area (Å²) in [5, 5.41) is 5.61. The molecule has 0 radical (unpaired) electrons. The second-order valence-corrected chi connectivity index (χ2v) is 5.14. The summed E-state index contributed by atoms with van der Waals surface area (Å²) in [6.07, 6.45) is 3.56. The van der Waals surface area contributed by atoms with Crippen LogP contribution in [0.25, 0.3) is 0 Å². The minimum absolute atomic E-state index is 0.0696. The Morgan fingerprint density at radius 1 is 1.33 bits per heavy atom. The molecule has 1 heterocycles. The third kappa shape index (κ3) is 3.19. The van der Waals surface area contributed by atoms with Gasteiger partial charge in [-0.05, 0) is 12.8 Å². The number of hydrogen-bond donors (Lipinski definition) is 1. The monoisotopic (exact) mass is 230 g/mol. The molecule has 1 rings (SSSR count). The molecule has 0 aromatic heterocycles. The molecule has 0 bridgehead atoms. The molecule has 1 saturated heterocycles. The number of carbonyl (C=O) groups is 1. The van der Waals surface area contributed by atoms with Crippen molar-refractivity contribution in [3.8, 4) is 0 Å². The van der Waals surface area contributed by atoms with Gasteiger partial charge in [0.05, 0.1) is 11.3 Å². The molecule has 1 aliphatic heterocycles. The van der Waals surface area contributed by atoms with Gasteiger partial charge in [-0.25, -0.2) is 0 Å². The first kappa shape index (κ1) is 12.5. The predicted molar refractivity (Wildman–Crippen MR) is 62.7 cm³/mol. The van der Waals surface area contributed by atoms with E-state index in [0.29, 0.717) is 0 Å². The van der Waals surface area contributed by atoms with E-state index >= 15 is 0 Å². The highest BCUT2D eigenvalue weighted by Gasteiger charge is 2.35. The van der Waals surface area contributed by atoms with Crippen LogP contribution in [0.5, 0.6) is 0 Å². The van der Waals surface area contributed by atoms with Gasteiger partial charge in [-0.3, -0.25) is 4.79 Å². The van der Waals surface area contributed by atoms with E-state index in [-0.39, 0.29) is 22.6 Å². The summed E-state index contributed by atoms with van der Waals surface area (Å²) < 4.78 is 0. The standard InChI is InChI=1S/C10H18N2O2S/c1-3-5-7-10(12-14)15-8(6-4-2)9(13)11-7/h7-8,10H,3-6H2,1-2H3,(H,11,13). The summed E-state index contributed by atoms with van der Waals surface area (Å²) in [6.45, 7) is 4.08. The largest absolute Gasteiger partial charge is 0.349 e. The first-order valence-electron chi connectivity index (χ1n) is 5.51. The molecule has 0 saturated carbocycles. The van der Waals surface area contributed by atoms with Crippen molar-refractivity contribution in [1.29, 1.82) is 0 Å². The van der Waals surface area contributed by atoms with Crippen LogP contribution in [0, 0.1) is 4.91 Å². The van der Waals surface area contributed by atoms with Gasteiger partial charge in [-0.15, -0.1) is 16.7 Å². The van der Waals surface area contributed by atoms with E-state index in [1.807, 2.05) is 13.8 Å². The van der Waals surface area contributed by atoms with Crippen molar-refractivity contribution in [3.63, 3.8) is 0 Å². The first-order chi connectivity index (χ1) is 7.22. The third-order valence-corrected chi connectivity index (χ3v) is 3.99. The lowest BCUT2D eigenvalue weighted by Gasteiger charge is -2.31. The normalized spacial score (nSPS) is 31.1. The van der Waals surface area contributed by atoms with Gasteiger partial charge in [0.1, 0.15) is 0 Å². The molecule has 4 nitrogen and oxygen atoms in total. The predicted octanol–water partition coefficient (Wildman–Crippen LogP) is 2.28. The van der Waals surface area contributed by atoms with E-state index < -0.39 is 0 Å². The zero-order valence-electron chi connectivity index (χ0n) is 9.23. The molecular weight excluding hydrogens is 212 g/mol. The van der Waals surface area contributed by atoms with Gasteiger partial charge in [0.15, 0.2) is 5.37 Å². The Morgan fingerprint density at radius 3 is 2.53 bits per heavy atom. The number of carbonyl (C=O) groups excluding carboxylic acids is 1. The number of nitroso groups, excluding NO2 is 1. The van der Waals surface area contributed by atoms with Gasteiger partial charge in [0.2, 0.25) is 5.91 Å². The van der Waals surface area contributed by atoms with Gasteiger partial charge in [0.25, 0.3) is 0 Å². The quantitative estimate of drug-likeness (QED) is 0.737. The lowest BCUT2D eigenvalue weighted by atomic mass is 10.1. The fourth-order valence-electron chi connectivity index (χ4n) is 1.76. The van der Waals surface area contributed by atoms with E-state index in [9.17, 15) is 9.70 Å². The maximum atomic E-state index is 11.7. The summed E-state index contributed by atoms with van der Waals surface area (Å²) >= 11 is 1.42. The molecule has 0 aliphatic carbocycles. The zero-order valence-corrected chi connectivity index (χ0v) is 10.0. The van der Waals surface area contributed by atoms with Crippen LogP contribution in [0.3, 0.4) is 0 Å². The number of rotatable bonds is 5. The van der Waals surface area contributed by atoms with Crippen molar-refractivity contribution < 1.29 is 4.79 Å². The molecule has 1 aliphatic rings. The van der Waals surface area contributed by atoms with Crippen LogP contribution < -0.4 is 5.32 Å². The number of nitrogens with zero attached hydrogens (tertiary/aromatic N) is 1. The van der Waals surface area contributed by atoms with Crippen molar-refractivity contribution in [2.24, 2.45) is 5.18 Å². The Bertz CT molecular complexity index is 235. The van der Waals surface area contributed by atoms with Crippen LogP contribution >= 0.6 is 11.8 Å². The SMILES string of the molecule is CCCC1SC(N=O)C(CCC)NC1=O. The smallest absolute Gasteiger partial charge is 0.233 e. The summed E-state index contributed by atoms with van der Waals surface area (Å²) in [4.78, 5) is 22.3. The third-order valence-electron chi connectivity index (χ3n) is 2.52. The molecule has 5 heteroatoms. The highest BCUT2D eigenvalue weighted by molar-refractivity contribution is 8.01. The molecule has 1 fully saturated rings. The molecule has 1 N–H and O–H groups in total. The molecule has 3 unspecified atom stereocenters. The van der Waals surface area contributed by atoms with Gasteiger partial charge in [0, 0.05) is 0 Å². The topological polar surface area (TPSA) is 58.5 Å². The minimum atomic E-state index is -0.306. The number of nitrogens with one attached hydrogen (secondary N) is 1. The minimum Gasteiger partial charge on any atom is -0.349 e. The molecule has 0 aromatic rings. The maximum Gasteiger partial charge on any atom is 0.233 e. The van der Waals surface area contributed by atoms with Crippen molar-refractivity contribution in [3.05, 3.63) is 4.91 Å². The van der Waals surface area contributed by atoms with Crippen LogP contribution in [0.1, 0.15) is 39.5 Å². The number of hydrogen-bond acceptors (Lipinski definition) is 4. The molecular formula is C10H18N2O2S. The first-order valence-corrected chi connectivity index (χ1v) is 6.45. The number of thioether (sulfide) groups is 1. The maximum absolute atomic E-state index is 11.7. The summed E-state index contributed by atoms with van der Waals surface area (Å²) in [7, 11) is 0. The van der Waals surface area contributed by atoms with Crippen LogP contribution in [0.15, 0.2) is 5.18 Å². The van der Waals surface area contributed by atoms with Gasteiger partial charge < -0.3 is 5.32 Å². The van der Waals surface area contributed by atoms with Gasteiger partial charge in [-0.1, -0.05) is 31.9 Å². The van der Waals surface area contributed by atoms with Crippen LogP contribution in [0.4, 0.5) is 0 Å². The summed E-state index contributed by atoms with van der Waals surface area (Å²) in [5.41, 5.74) is 0. The van der Waals surface area contributed by atoms with E-state index in [2.05, 4.69) is 10.5 Å². The zero-order chi connectivity index (χ0) is 11.3. The summed E-state index contributed by atoms with van der Waals surface area (Å²) in [6, 6.07) is -0.0712. The molecule has 15 heavy (non-hydrogen) atoms. The van der Waals surface area contributed by atoms with Gasteiger partial charge in [-0.2, -0.15) is 0 Å². The fraction of sp³-hybridized carbons (Fsp3) is 0.900. The average molecular weight is 230 g/mol. The average Bonchev–Trinajstić information content (AvgIpc) is 2.22. The second-order valence-electron chi connectivity index (χ2n) is 3.81. The van der Waals surface area contributed by atoms with Crippen LogP contribution in [-0.4, -0.2) is 22.6 Å². The van der Waals surface area contributed by atoms with E-state index in [1.165, 1.54) is 11.8 Å². The summed E-state index contributed by atoms with van der Waals surface area (Å²) in [5.74, 6) is 0.0696. The lowest BCUT2D eigenvalue weighted by molar-refractivity contribution is -0.121. The molecule has 1 amide bonds. The van der Waals surface area contributed by atoms with Crippen molar-refractivity contribution >= 4 is 17.7 Å². The Labute approximate surface area is 94.5 Å². The highest BCUT2D eigenvalue weighted by Crippen LogP contribution is 2.30. The van der Waals surface area contributed by atoms with E-state index in [1.54, 1.807) is 0 Å². The fourth-order valence-corrected chi connectivity index (χ4v) is 3.10. The van der Waals surface area contributed by atoms with Crippen molar-refractivity contribution in [1.82, 2.24) is 5.32 Å². The Hall–Kier alpha value is -0.580. The molecule has 86 valence electrons. The van der Waals surface area contributed by atoms with E-state index in [0.717, 1.165) is 25.7 Å². The Balaban J connectivity index is 2.60. The van der Waals surface area contributed by atoms with E-state index in [4.69, 9.17) is 0 Å². The van der Waals surface area contributed by atoms with Crippen LogP contribution in [0.2, 0.25) is 0 Å². The molecule has 3 atom stereocenters. The lowest BCUT2D eigenvalue weighted by Crippen LogP contribution is -2.50. The van der Waals surface area contributed by atoms with Crippen LogP contribution in [-0.2, 0) is 4.79 Å². The van der Waals surface area contributed by atoms with Gasteiger partial charge >= 0.3 is 0 Å². The Kier molecular flexibility index (Phi) is 5.08. The highest BCUT2D eigenvalue weighted by atomic mass is 32.2. The van der Waals surface area contributed by atoms with Crippen molar-refractivity contribution in [2.75, 3.05) is 0 Å². The molecule has 0 spiro atoms. The number of amides is 1. The van der Waals surface area contributed by atoms with Crippen molar-refractivity contribution in [2.45, 2.75) is 56.2 Å². The molecule has 0 aromatic carbocycles. The second kappa shape index (κ2) is 6.10.